The molecule has 0 saturated heterocycles. The highest BCUT2D eigenvalue weighted by molar-refractivity contribution is 5.49. The number of carbonyl (C=O) groups is 1. The minimum Gasteiger partial charge on any atom is -0.303 e. The Morgan fingerprint density at radius 1 is 1.50 bits per heavy atom. The molecule has 0 rings (SSSR count). The zero-order valence-electron chi connectivity index (χ0n) is 6.84. The Kier molecular flexibility index (Phi) is 4.91. The normalized spacial score (nSPS) is 15.8. The van der Waals surface area contributed by atoms with Crippen molar-refractivity contribution in [3.63, 3.8) is 0 Å². The summed E-state index contributed by atoms with van der Waals surface area (Å²) in [7, 11) is 0. The van der Waals surface area contributed by atoms with Crippen molar-refractivity contribution in [2.24, 2.45) is 11.8 Å². The molecular weight excluding hydrogens is 124 g/mol. The minimum atomic E-state index is 0.528. The smallest absolute Gasteiger partial charge is 0.120 e. The molecule has 10 heavy (non-hydrogen) atoms. The van der Waals surface area contributed by atoms with Crippen molar-refractivity contribution in [1.82, 2.24) is 0 Å². The molecule has 0 aromatic heterocycles. The molecule has 0 fully saturated rings. The van der Waals surface area contributed by atoms with Gasteiger partial charge in [-0.15, -0.1) is 6.58 Å². The van der Waals surface area contributed by atoms with Gasteiger partial charge in [0.05, 0.1) is 0 Å². The summed E-state index contributed by atoms with van der Waals surface area (Å²) >= 11 is 0. The van der Waals surface area contributed by atoms with Crippen molar-refractivity contribution in [2.45, 2.75) is 26.7 Å². The second kappa shape index (κ2) is 5.21. The van der Waals surface area contributed by atoms with Crippen LogP contribution in [0.3, 0.4) is 0 Å². The molecular formula is C9H16O. The Labute approximate surface area is 63.1 Å². The molecule has 0 aliphatic heterocycles. The number of hydrogen-bond donors (Lipinski definition) is 0. The van der Waals surface area contributed by atoms with Gasteiger partial charge in [-0.3, -0.25) is 0 Å². The van der Waals surface area contributed by atoms with E-state index in [1.165, 1.54) is 0 Å². The van der Waals surface area contributed by atoms with Crippen LogP contribution >= 0.6 is 0 Å². The third-order valence-electron chi connectivity index (χ3n) is 2.01. The Hall–Kier alpha value is -0.590. The van der Waals surface area contributed by atoms with Crippen LogP contribution in [0.1, 0.15) is 26.7 Å². The van der Waals surface area contributed by atoms with Crippen molar-refractivity contribution in [3.05, 3.63) is 12.7 Å². The van der Waals surface area contributed by atoms with Crippen LogP contribution in [0.2, 0.25) is 0 Å². The monoisotopic (exact) mass is 140 g/mol. The lowest BCUT2D eigenvalue weighted by atomic mass is 9.92. The van der Waals surface area contributed by atoms with Gasteiger partial charge in [0.15, 0.2) is 0 Å². The molecule has 0 bridgehead atoms. The number of allylic oxidation sites excluding steroid dienone is 1. The first-order valence-electron chi connectivity index (χ1n) is 3.78. The summed E-state index contributed by atoms with van der Waals surface area (Å²) in [5.41, 5.74) is 0. The number of hydrogen-bond acceptors (Lipinski definition) is 1. The molecule has 0 saturated carbocycles. The summed E-state index contributed by atoms with van der Waals surface area (Å²) in [6.07, 6.45) is 4.58. The fourth-order valence-corrected chi connectivity index (χ4v) is 0.826. The van der Waals surface area contributed by atoms with E-state index in [9.17, 15) is 4.79 Å². The summed E-state index contributed by atoms with van der Waals surface area (Å²) in [6, 6.07) is 0. The molecule has 0 spiro atoms. The van der Waals surface area contributed by atoms with E-state index in [0.29, 0.717) is 18.3 Å². The van der Waals surface area contributed by atoms with Crippen molar-refractivity contribution >= 4 is 6.29 Å². The lowest BCUT2D eigenvalue weighted by Crippen LogP contribution is -2.04. The molecule has 0 heterocycles. The fourth-order valence-electron chi connectivity index (χ4n) is 0.826. The molecule has 1 heteroatoms. The van der Waals surface area contributed by atoms with Gasteiger partial charge in [-0.05, 0) is 18.3 Å². The van der Waals surface area contributed by atoms with Gasteiger partial charge in [0.1, 0.15) is 6.29 Å². The maximum Gasteiger partial charge on any atom is 0.120 e. The highest BCUT2D eigenvalue weighted by atomic mass is 16.1. The van der Waals surface area contributed by atoms with Gasteiger partial charge >= 0.3 is 0 Å². The van der Waals surface area contributed by atoms with E-state index in [1.54, 1.807) is 0 Å². The van der Waals surface area contributed by atoms with Crippen LogP contribution in [0.25, 0.3) is 0 Å². The number of carbonyl (C=O) groups excluding carboxylic acids is 1. The van der Waals surface area contributed by atoms with Crippen molar-refractivity contribution in [3.8, 4) is 0 Å². The molecule has 0 aliphatic rings. The Morgan fingerprint density at radius 3 is 2.50 bits per heavy atom. The molecule has 0 amide bonds. The van der Waals surface area contributed by atoms with E-state index in [4.69, 9.17) is 0 Å². The Bertz CT molecular complexity index is 107. The van der Waals surface area contributed by atoms with Crippen LogP contribution in [-0.2, 0) is 4.79 Å². The van der Waals surface area contributed by atoms with Gasteiger partial charge in [-0.2, -0.15) is 0 Å². The van der Waals surface area contributed by atoms with Gasteiger partial charge in [-0.1, -0.05) is 19.9 Å². The van der Waals surface area contributed by atoms with Gasteiger partial charge in [0.25, 0.3) is 0 Å². The zero-order chi connectivity index (χ0) is 7.98. The average molecular weight is 140 g/mol. The van der Waals surface area contributed by atoms with Gasteiger partial charge in [0, 0.05) is 6.42 Å². The predicted molar refractivity (Wildman–Crippen MR) is 43.8 cm³/mol. The largest absolute Gasteiger partial charge is 0.303 e. The average Bonchev–Trinajstić information content (AvgIpc) is 1.98. The zero-order valence-corrected chi connectivity index (χ0v) is 6.84. The van der Waals surface area contributed by atoms with Crippen LogP contribution in [0, 0.1) is 11.8 Å². The van der Waals surface area contributed by atoms with E-state index in [2.05, 4.69) is 20.4 Å². The van der Waals surface area contributed by atoms with Gasteiger partial charge in [0.2, 0.25) is 0 Å². The van der Waals surface area contributed by atoms with Crippen LogP contribution in [0.5, 0.6) is 0 Å². The van der Waals surface area contributed by atoms with Crippen LogP contribution in [0.4, 0.5) is 0 Å². The molecule has 2 unspecified atom stereocenters. The first-order valence-corrected chi connectivity index (χ1v) is 3.78. The van der Waals surface area contributed by atoms with Crippen LogP contribution in [-0.4, -0.2) is 6.29 Å². The first kappa shape index (κ1) is 9.41. The Morgan fingerprint density at radius 2 is 2.10 bits per heavy atom. The highest BCUT2D eigenvalue weighted by Gasteiger charge is 2.06. The molecule has 2 atom stereocenters. The molecule has 0 aromatic carbocycles. The summed E-state index contributed by atoms with van der Waals surface area (Å²) in [6.45, 7) is 7.98. The molecule has 0 radical (unpaired) electrons. The second-order valence-corrected chi connectivity index (χ2v) is 2.82. The minimum absolute atomic E-state index is 0.528. The maximum atomic E-state index is 9.99. The number of aldehydes is 1. The maximum absolute atomic E-state index is 9.99. The molecule has 0 aliphatic carbocycles. The third-order valence-corrected chi connectivity index (χ3v) is 2.01. The van der Waals surface area contributed by atoms with Crippen LogP contribution < -0.4 is 0 Å². The third kappa shape index (κ3) is 3.44. The second-order valence-electron chi connectivity index (χ2n) is 2.82. The van der Waals surface area contributed by atoms with E-state index in [0.717, 1.165) is 12.7 Å². The van der Waals surface area contributed by atoms with E-state index >= 15 is 0 Å². The SMILES string of the molecule is C=CC(C)C(C)CCC=O. The standard InChI is InChI=1S/C9H16O/c1-4-8(2)9(3)6-5-7-10/h4,7-9H,1,5-6H2,2-3H3. The fraction of sp³-hybridized carbons (Fsp3) is 0.667. The van der Waals surface area contributed by atoms with Gasteiger partial charge in [-0.25, -0.2) is 0 Å². The van der Waals surface area contributed by atoms with E-state index in [1.807, 2.05) is 6.08 Å². The quantitative estimate of drug-likeness (QED) is 0.423. The summed E-state index contributed by atoms with van der Waals surface area (Å²) in [5, 5.41) is 0. The lowest BCUT2D eigenvalue weighted by molar-refractivity contribution is -0.108. The highest BCUT2D eigenvalue weighted by Crippen LogP contribution is 2.16. The van der Waals surface area contributed by atoms with E-state index in [-0.39, 0.29) is 0 Å². The molecule has 0 aromatic rings. The topological polar surface area (TPSA) is 17.1 Å². The van der Waals surface area contributed by atoms with Gasteiger partial charge < -0.3 is 4.79 Å². The summed E-state index contributed by atoms with van der Waals surface area (Å²) in [4.78, 5) is 9.99. The summed E-state index contributed by atoms with van der Waals surface area (Å²) < 4.78 is 0. The first-order chi connectivity index (χ1) is 4.72. The molecule has 0 N–H and O–H groups in total. The number of rotatable bonds is 5. The Balaban J connectivity index is 3.49. The predicted octanol–water partition coefficient (Wildman–Crippen LogP) is 2.42. The van der Waals surface area contributed by atoms with E-state index < -0.39 is 0 Å². The van der Waals surface area contributed by atoms with Crippen molar-refractivity contribution < 1.29 is 4.79 Å². The summed E-state index contributed by atoms with van der Waals surface area (Å²) in [5.74, 6) is 1.11. The van der Waals surface area contributed by atoms with Crippen molar-refractivity contribution in [2.75, 3.05) is 0 Å². The van der Waals surface area contributed by atoms with Crippen LogP contribution in [0.15, 0.2) is 12.7 Å². The molecule has 58 valence electrons. The molecule has 1 nitrogen and oxygen atoms in total. The lowest BCUT2D eigenvalue weighted by Gasteiger charge is -2.13. The van der Waals surface area contributed by atoms with Crippen molar-refractivity contribution in [1.29, 1.82) is 0 Å².